The Morgan fingerprint density at radius 3 is 2.46 bits per heavy atom. The van der Waals surface area contributed by atoms with E-state index in [4.69, 9.17) is 11.6 Å². The molecule has 5 nitrogen and oxygen atoms in total. The first-order valence-electron chi connectivity index (χ1n) is 8.96. The van der Waals surface area contributed by atoms with Crippen molar-refractivity contribution in [2.75, 3.05) is 38.2 Å². The summed E-state index contributed by atoms with van der Waals surface area (Å²) in [6, 6.07) is 7.93. The molecule has 0 saturated carbocycles. The number of hydrogen-bond donors (Lipinski definition) is 0. The van der Waals surface area contributed by atoms with Crippen molar-refractivity contribution in [2.45, 2.75) is 24.5 Å². The molecule has 0 bridgehead atoms. The van der Waals surface area contributed by atoms with Crippen LogP contribution in [0.2, 0.25) is 5.02 Å². The quantitative estimate of drug-likeness (QED) is 0.759. The lowest BCUT2D eigenvalue weighted by Crippen LogP contribution is -2.44. The van der Waals surface area contributed by atoms with Crippen LogP contribution in [0.15, 0.2) is 24.3 Å². The highest BCUT2D eigenvalue weighted by Crippen LogP contribution is 2.38. The first-order valence-corrected chi connectivity index (χ1v) is 12.2. The predicted molar refractivity (Wildman–Crippen MR) is 107 cm³/mol. The van der Waals surface area contributed by atoms with Gasteiger partial charge in [0.25, 0.3) is 0 Å². The minimum atomic E-state index is -3.16. The monoisotopic (exact) mass is 416 g/mol. The maximum absolute atomic E-state index is 12.9. The number of carbonyl (C=O) groups is 1. The summed E-state index contributed by atoms with van der Waals surface area (Å²) in [5.41, 5.74) is 1.15. The molecule has 2 heterocycles. The number of piperidine rings is 1. The molecule has 3 rings (SSSR count). The fourth-order valence-corrected chi connectivity index (χ4v) is 6.14. The largest absolute Gasteiger partial charge is 0.342 e. The van der Waals surface area contributed by atoms with Gasteiger partial charge in [-0.25, -0.2) is 12.7 Å². The zero-order chi connectivity index (χ0) is 18.7. The third-order valence-corrected chi connectivity index (χ3v) is 8.14. The molecule has 1 atom stereocenters. The number of amides is 1. The van der Waals surface area contributed by atoms with Crippen molar-refractivity contribution in [3.8, 4) is 0 Å². The molecular formula is C18H25ClN2O3S2. The Kier molecular flexibility index (Phi) is 6.54. The fraction of sp³-hybridized carbons (Fsp3) is 0.611. The first kappa shape index (κ1) is 20.0. The van der Waals surface area contributed by atoms with Crippen LogP contribution in [0.1, 0.15) is 30.1 Å². The Balaban J connectivity index is 1.58. The highest BCUT2D eigenvalue weighted by atomic mass is 35.5. The highest BCUT2D eigenvalue weighted by molar-refractivity contribution is 7.99. The van der Waals surface area contributed by atoms with Crippen molar-refractivity contribution in [3.63, 3.8) is 0 Å². The molecule has 1 aromatic rings. The Morgan fingerprint density at radius 1 is 1.12 bits per heavy atom. The number of hydrogen-bond acceptors (Lipinski definition) is 4. The lowest BCUT2D eigenvalue weighted by atomic mass is 9.96. The van der Waals surface area contributed by atoms with E-state index >= 15 is 0 Å². The second kappa shape index (κ2) is 8.50. The third-order valence-electron chi connectivity index (χ3n) is 5.18. The number of carbonyl (C=O) groups excluding carboxylic acids is 1. The van der Waals surface area contributed by atoms with Gasteiger partial charge in [-0.1, -0.05) is 29.8 Å². The first-order chi connectivity index (χ1) is 12.4. The van der Waals surface area contributed by atoms with E-state index in [9.17, 15) is 13.2 Å². The number of halogens is 1. The van der Waals surface area contributed by atoms with Crippen LogP contribution >= 0.6 is 23.4 Å². The molecule has 0 radical (unpaired) electrons. The molecule has 2 aliphatic heterocycles. The van der Waals surface area contributed by atoms with E-state index in [-0.39, 0.29) is 11.8 Å². The van der Waals surface area contributed by atoms with Crippen molar-refractivity contribution >= 4 is 39.3 Å². The van der Waals surface area contributed by atoms with Gasteiger partial charge >= 0.3 is 0 Å². The molecule has 2 aliphatic rings. The molecule has 0 N–H and O–H groups in total. The van der Waals surface area contributed by atoms with Gasteiger partial charge in [-0.2, -0.15) is 11.8 Å². The summed E-state index contributed by atoms with van der Waals surface area (Å²) < 4.78 is 24.7. The van der Waals surface area contributed by atoms with Gasteiger partial charge < -0.3 is 4.90 Å². The number of thioether (sulfide) groups is 1. The third kappa shape index (κ3) is 4.74. The number of sulfonamides is 1. The maximum Gasteiger partial charge on any atom is 0.225 e. The van der Waals surface area contributed by atoms with Crippen LogP contribution in [-0.2, 0) is 14.8 Å². The van der Waals surface area contributed by atoms with Gasteiger partial charge in [0.15, 0.2) is 0 Å². The summed E-state index contributed by atoms with van der Waals surface area (Å²) in [5.74, 6) is 1.01. The van der Waals surface area contributed by atoms with E-state index in [0.29, 0.717) is 31.2 Å². The Morgan fingerprint density at radius 2 is 1.81 bits per heavy atom. The molecule has 2 saturated heterocycles. The maximum atomic E-state index is 12.9. The van der Waals surface area contributed by atoms with E-state index < -0.39 is 10.0 Å². The van der Waals surface area contributed by atoms with Crippen LogP contribution in [0.4, 0.5) is 0 Å². The van der Waals surface area contributed by atoms with Gasteiger partial charge in [0.2, 0.25) is 15.9 Å². The molecule has 1 aromatic carbocycles. The van der Waals surface area contributed by atoms with Crippen LogP contribution < -0.4 is 0 Å². The molecule has 1 amide bonds. The minimum absolute atomic E-state index is 0.0603. The van der Waals surface area contributed by atoms with Gasteiger partial charge in [-0.05, 0) is 30.9 Å². The van der Waals surface area contributed by atoms with E-state index in [1.54, 1.807) is 0 Å². The van der Waals surface area contributed by atoms with Crippen molar-refractivity contribution in [2.24, 2.45) is 5.92 Å². The molecule has 8 heteroatoms. The SMILES string of the molecule is CS(=O)(=O)N1CCC(C(=O)N2CCS[C@@H](c3ccccc3Cl)CC2)CC1. The van der Waals surface area contributed by atoms with Crippen LogP contribution in [0.5, 0.6) is 0 Å². The number of rotatable bonds is 3. The summed E-state index contributed by atoms with van der Waals surface area (Å²) in [5, 5.41) is 1.10. The summed E-state index contributed by atoms with van der Waals surface area (Å²) in [7, 11) is -3.16. The zero-order valence-electron chi connectivity index (χ0n) is 14.9. The van der Waals surface area contributed by atoms with Gasteiger partial charge in [-0.15, -0.1) is 0 Å². The standard InChI is InChI=1S/C18H25ClN2O3S2/c1-26(23,24)21-10-6-14(7-11-21)18(22)20-9-8-17(25-13-12-20)15-4-2-3-5-16(15)19/h2-5,14,17H,6-13H2,1H3/t17-/m1/s1. The van der Waals surface area contributed by atoms with E-state index in [2.05, 4.69) is 6.07 Å². The van der Waals surface area contributed by atoms with Crippen LogP contribution in [-0.4, -0.2) is 61.7 Å². The highest BCUT2D eigenvalue weighted by Gasteiger charge is 2.32. The van der Waals surface area contributed by atoms with Gasteiger partial charge in [-0.3, -0.25) is 4.79 Å². The Hall–Kier alpha value is -0.760. The summed E-state index contributed by atoms with van der Waals surface area (Å²) in [6.45, 7) is 2.37. The second-order valence-electron chi connectivity index (χ2n) is 6.93. The topological polar surface area (TPSA) is 57.7 Å². The van der Waals surface area contributed by atoms with Crippen molar-refractivity contribution < 1.29 is 13.2 Å². The van der Waals surface area contributed by atoms with Gasteiger partial charge in [0.05, 0.1) is 6.26 Å². The van der Waals surface area contributed by atoms with Crippen molar-refractivity contribution in [1.29, 1.82) is 0 Å². The molecule has 2 fully saturated rings. The van der Waals surface area contributed by atoms with Crippen LogP contribution in [0.3, 0.4) is 0 Å². The molecule has 26 heavy (non-hydrogen) atoms. The molecule has 144 valence electrons. The molecule has 0 aromatic heterocycles. The zero-order valence-corrected chi connectivity index (χ0v) is 17.3. The summed E-state index contributed by atoms with van der Waals surface area (Å²) >= 11 is 8.19. The fourth-order valence-electron chi connectivity index (χ4n) is 3.67. The lowest BCUT2D eigenvalue weighted by Gasteiger charge is -2.32. The normalized spacial score (nSPS) is 23.6. The minimum Gasteiger partial charge on any atom is -0.342 e. The average molecular weight is 417 g/mol. The van der Waals surface area contributed by atoms with E-state index in [1.165, 1.54) is 10.6 Å². The predicted octanol–water partition coefficient (Wildman–Crippen LogP) is 3.02. The Bertz CT molecular complexity index is 749. The van der Waals surface area contributed by atoms with Crippen LogP contribution in [0, 0.1) is 5.92 Å². The second-order valence-corrected chi connectivity index (χ2v) is 10.6. The molecule has 0 unspecified atom stereocenters. The smallest absolute Gasteiger partial charge is 0.225 e. The number of benzene rings is 1. The molecule has 0 aliphatic carbocycles. The summed E-state index contributed by atoms with van der Waals surface area (Å²) in [6.07, 6.45) is 3.35. The van der Waals surface area contributed by atoms with Gasteiger partial charge in [0.1, 0.15) is 0 Å². The van der Waals surface area contributed by atoms with Gasteiger partial charge in [0, 0.05) is 48.1 Å². The van der Waals surface area contributed by atoms with Crippen LogP contribution in [0.25, 0.3) is 0 Å². The summed E-state index contributed by atoms with van der Waals surface area (Å²) in [4.78, 5) is 14.9. The van der Waals surface area contributed by atoms with E-state index in [1.807, 2.05) is 34.9 Å². The average Bonchev–Trinajstić information content (AvgIpc) is 2.87. The van der Waals surface area contributed by atoms with Crippen molar-refractivity contribution in [3.05, 3.63) is 34.9 Å². The Labute approximate surface area is 165 Å². The number of nitrogens with zero attached hydrogens (tertiary/aromatic N) is 2. The molecule has 0 spiro atoms. The lowest BCUT2D eigenvalue weighted by molar-refractivity contribution is -0.136. The van der Waals surface area contributed by atoms with E-state index in [0.717, 1.165) is 35.8 Å². The molecular weight excluding hydrogens is 392 g/mol. The van der Waals surface area contributed by atoms with Crippen molar-refractivity contribution in [1.82, 2.24) is 9.21 Å².